The summed E-state index contributed by atoms with van der Waals surface area (Å²) in [4.78, 5) is 12.6. The van der Waals surface area contributed by atoms with Crippen LogP contribution >= 0.6 is 0 Å². The highest BCUT2D eigenvalue weighted by Gasteiger charge is 2.53. The summed E-state index contributed by atoms with van der Waals surface area (Å²) in [6.45, 7) is 2.23. The van der Waals surface area contributed by atoms with E-state index in [2.05, 4.69) is 12.2 Å². The molecule has 3 nitrogen and oxygen atoms in total. The van der Waals surface area contributed by atoms with Gasteiger partial charge in [0, 0.05) is 17.7 Å². The molecule has 1 amide bonds. The van der Waals surface area contributed by atoms with Gasteiger partial charge in [0.05, 0.1) is 7.11 Å². The molecule has 4 aliphatic carbocycles. The van der Waals surface area contributed by atoms with Crippen LogP contribution in [-0.2, 0) is 4.79 Å². The van der Waals surface area contributed by atoms with E-state index in [1.54, 1.807) is 13.2 Å². The van der Waals surface area contributed by atoms with Gasteiger partial charge in [-0.2, -0.15) is 0 Å². The molecule has 0 heterocycles. The zero-order chi connectivity index (χ0) is 18.1. The van der Waals surface area contributed by atoms with Gasteiger partial charge in [0.2, 0.25) is 5.91 Å². The fourth-order valence-electron chi connectivity index (χ4n) is 6.48. The standard InChI is InChI=1S/C23H31NO2/c1-3-21(23-13-16-10-17(14-23)12-18(11-16)15-23)24-22(25)9-8-19-6-4-5-7-20(19)26-2/h4-9,16-18,21H,3,10-15H2,1-2H3,(H,24,25)/b9-8+. The summed E-state index contributed by atoms with van der Waals surface area (Å²) < 4.78 is 5.36. The van der Waals surface area contributed by atoms with Gasteiger partial charge >= 0.3 is 0 Å². The van der Waals surface area contributed by atoms with Gasteiger partial charge in [-0.3, -0.25) is 4.79 Å². The Balaban J connectivity index is 1.45. The average Bonchev–Trinajstić information content (AvgIpc) is 2.63. The number of ether oxygens (including phenoxy) is 1. The first-order chi connectivity index (χ1) is 12.6. The van der Waals surface area contributed by atoms with Crippen LogP contribution in [0.1, 0.15) is 57.4 Å². The van der Waals surface area contributed by atoms with E-state index in [9.17, 15) is 4.79 Å². The molecule has 1 aromatic rings. The molecule has 1 unspecified atom stereocenters. The van der Waals surface area contributed by atoms with Gasteiger partial charge in [0.1, 0.15) is 5.75 Å². The zero-order valence-corrected chi connectivity index (χ0v) is 16.0. The van der Waals surface area contributed by atoms with Gasteiger partial charge < -0.3 is 10.1 Å². The Kier molecular flexibility index (Phi) is 4.81. The van der Waals surface area contributed by atoms with Crippen molar-refractivity contribution < 1.29 is 9.53 Å². The Labute approximate surface area is 157 Å². The number of para-hydroxylation sites is 1. The number of methoxy groups -OCH3 is 1. The van der Waals surface area contributed by atoms with E-state index in [-0.39, 0.29) is 5.91 Å². The number of benzene rings is 1. The second-order valence-corrected chi connectivity index (χ2v) is 8.82. The van der Waals surface area contributed by atoms with Crippen molar-refractivity contribution in [3.63, 3.8) is 0 Å². The minimum absolute atomic E-state index is 0.0264. The van der Waals surface area contributed by atoms with E-state index >= 15 is 0 Å². The molecule has 1 atom stereocenters. The molecular formula is C23H31NO2. The molecule has 0 aliphatic heterocycles. The van der Waals surface area contributed by atoms with Crippen molar-refractivity contribution in [1.29, 1.82) is 0 Å². The molecule has 4 aliphatic rings. The molecule has 4 saturated carbocycles. The molecule has 4 bridgehead atoms. The topological polar surface area (TPSA) is 38.3 Å². The van der Waals surface area contributed by atoms with Crippen molar-refractivity contribution in [2.45, 2.75) is 57.9 Å². The molecule has 0 radical (unpaired) electrons. The second-order valence-electron chi connectivity index (χ2n) is 8.82. The Bertz CT molecular complexity index is 658. The lowest BCUT2D eigenvalue weighted by Gasteiger charge is -2.59. The first-order valence-corrected chi connectivity index (χ1v) is 10.2. The average molecular weight is 354 g/mol. The normalized spacial score (nSPS) is 33.4. The van der Waals surface area contributed by atoms with Crippen molar-refractivity contribution in [2.75, 3.05) is 7.11 Å². The minimum atomic E-state index is 0.0264. The Morgan fingerprint density at radius 3 is 2.38 bits per heavy atom. The maximum Gasteiger partial charge on any atom is 0.244 e. The summed E-state index contributed by atoms with van der Waals surface area (Å²) >= 11 is 0. The van der Waals surface area contributed by atoms with Crippen molar-refractivity contribution in [3.8, 4) is 5.75 Å². The van der Waals surface area contributed by atoms with Crippen LogP contribution < -0.4 is 10.1 Å². The lowest BCUT2D eigenvalue weighted by molar-refractivity contribution is -0.122. The molecule has 3 heteroatoms. The quantitative estimate of drug-likeness (QED) is 0.745. The first-order valence-electron chi connectivity index (χ1n) is 10.2. The lowest BCUT2D eigenvalue weighted by atomic mass is 9.47. The van der Waals surface area contributed by atoms with E-state index in [0.29, 0.717) is 11.5 Å². The molecule has 0 aromatic heterocycles. The Morgan fingerprint density at radius 1 is 1.19 bits per heavy atom. The molecule has 0 saturated heterocycles. The SMILES string of the molecule is CCC(NC(=O)/C=C/c1ccccc1OC)C12CC3CC(CC(C3)C1)C2. The summed E-state index contributed by atoms with van der Waals surface area (Å²) in [7, 11) is 1.66. The molecule has 4 fully saturated rings. The molecular weight excluding hydrogens is 322 g/mol. The van der Waals surface area contributed by atoms with Crippen LogP contribution in [0.2, 0.25) is 0 Å². The number of hydrogen-bond acceptors (Lipinski definition) is 2. The fraction of sp³-hybridized carbons (Fsp3) is 0.609. The van der Waals surface area contributed by atoms with Gasteiger partial charge in [-0.25, -0.2) is 0 Å². The monoisotopic (exact) mass is 353 g/mol. The summed E-state index contributed by atoms with van der Waals surface area (Å²) in [6, 6.07) is 8.10. The van der Waals surface area contributed by atoms with Crippen LogP contribution in [0, 0.1) is 23.2 Å². The number of rotatable bonds is 6. The summed E-state index contributed by atoms with van der Waals surface area (Å²) in [5, 5.41) is 3.36. The number of hydrogen-bond donors (Lipinski definition) is 1. The predicted octanol–water partition coefficient (Wildman–Crippen LogP) is 4.82. The van der Waals surface area contributed by atoms with Gasteiger partial charge in [-0.05, 0) is 80.3 Å². The van der Waals surface area contributed by atoms with E-state index in [0.717, 1.165) is 35.5 Å². The highest BCUT2D eigenvalue weighted by Crippen LogP contribution is 2.61. The summed E-state index contributed by atoms with van der Waals surface area (Å²) in [5.74, 6) is 3.56. The number of carbonyl (C=O) groups excluding carboxylic acids is 1. The van der Waals surface area contributed by atoms with E-state index < -0.39 is 0 Å². The number of carbonyl (C=O) groups is 1. The smallest absolute Gasteiger partial charge is 0.244 e. The van der Waals surface area contributed by atoms with Crippen LogP contribution in [0.15, 0.2) is 30.3 Å². The molecule has 5 rings (SSSR count). The third kappa shape index (κ3) is 3.28. The van der Waals surface area contributed by atoms with Crippen LogP contribution in [0.25, 0.3) is 6.08 Å². The van der Waals surface area contributed by atoms with Crippen molar-refractivity contribution in [1.82, 2.24) is 5.32 Å². The van der Waals surface area contributed by atoms with Crippen molar-refractivity contribution in [3.05, 3.63) is 35.9 Å². The van der Waals surface area contributed by atoms with Crippen LogP contribution in [0.5, 0.6) is 5.75 Å². The third-order valence-corrected chi connectivity index (χ3v) is 7.10. The summed E-state index contributed by atoms with van der Waals surface area (Å²) in [5.41, 5.74) is 1.30. The predicted molar refractivity (Wildman–Crippen MR) is 105 cm³/mol. The minimum Gasteiger partial charge on any atom is -0.496 e. The van der Waals surface area contributed by atoms with Gasteiger partial charge in [0.25, 0.3) is 0 Å². The molecule has 26 heavy (non-hydrogen) atoms. The third-order valence-electron chi connectivity index (χ3n) is 7.10. The number of nitrogens with one attached hydrogen (secondary N) is 1. The highest BCUT2D eigenvalue weighted by atomic mass is 16.5. The number of amides is 1. The second kappa shape index (κ2) is 7.09. The van der Waals surface area contributed by atoms with Crippen LogP contribution in [-0.4, -0.2) is 19.1 Å². The van der Waals surface area contributed by atoms with Gasteiger partial charge in [-0.15, -0.1) is 0 Å². The maximum atomic E-state index is 12.6. The van der Waals surface area contributed by atoms with E-state index in [4.69, 9.17) is 4.74 Å². The lowest BCUT2D eigenvalue weighted by Crippen LogP contribution is -2.56. The molecule has 1 N–H and O–H groups in total. The Hall–Kier alpha value is -1.77. The van der Waals surface area contributed by atoms with Crippen LogP contribution in [0.4, 0.5) is 0 Å². The highest BCUT2D eigenvalue weighted by molar-refractivity contribution is 5.92. The largest absolute Gasteiger partial charge is 0.496 e. The van der Waals surface area contributed by atoms with E-state index in [1.807, 2.05) is 30.3 Å². The zero-order valence-electron chi connectivity index (χ0n) is 16.0. The molecule has 1 aromatic carbocycles. The van der Waals surface area contributed by atoms with Gasteiger partial charge in [-0.1, -0.05) is 25.1 Å². The first kappa shape index (κ1) is 17.6. The Morgan fingerprint density at radius 2 is 1.81 bits per heavy atom. The van der Waals surface area contributed by atoms with Crippen molar-refractivity contribution in [2.24, 2.45) is 23.2 Å². The molecule has 0 spiro atoms. The maximum absolute atomic E-state index is 12.6. The molecule has 140 valence electrons. The van der Waals surface area contributed by atoms with Gasteiger partial charge in [0.15, 0.2) is 0 Å². The van der Waals surface area contributed by atoms with Crippen LogP contribution in [0.3, 0.4) is 0 Å². The van der Waals surface area contributed by atoms with E-state index in [1.165, 1.54) is 38.5 Å². The van der Waals surface area contributed by atoms with Crippen molar-refractivity contribution >= 4 is 12.0 Å². The summed E-state index contributed by atoms with van der Waals surface area (Å²) in [6.07, 6.45) is 12.9. The fourth-order valence-corrected chi connectivity index (χ4v) is 6.48.